The molecule has 1 aromatic heterocycles. The second-order valence-corrected chi connectivity index (χ2v) is 3.77. The van der Waals surface area contributed by atoms with Crippen molar-refractivity contribution in [2.45, 2.75) is 19.4 Å². The molecule has 0 saturated heterocycles. The lowest BCUT2D eigenvalue weighted by Gasteiger charge is -2.23. The number of methoxy groups -OCH3 is 1. The van der Waals surface area contributed by atoms with Gasteiger partial charge in [-0.3, -0.25) is 4.79 Å². The normalized spacial score (nSPS) is 11.7. The molecule has 0 spiro atoms. The Bertz CT molecular complexity index is 430. The molecule has 1 rings (SSSR count). The number of nitrogens with zero attached hydrogens (tertiary/aromatic N) is 2. The van der Waals surface area contributed by atoms with E-state index in [1.165, 1.54) is 25.3 Å². The molecule has 6 nitrogen and oxygen atoms in total. The van der Waals surface area contributed by atoms with Crippen LogP contribution in [-0.4, -0.2) is 47.1 Å². The molecule has 0 aliphatic rings. The number of pyridine rings is 1. The molecule has 0 aromatic carbocycles. The Kier molecular flexibility index (Phi) is 4.65. The van der Waals surface area contributed by atoms with Gasteiger partial charge in [-0.1, -0.05) is 6.92 Å². The lowest BCUT2D eigenvalue weighted by atomic mass is 10.1. The number of amides is 1. The van der Waals surface area contributed by atoms with Crippen molar-refractivity contribution in [2.75, 3.05) is 14.2 Å². The fourth-order valence-electron chi connectivity index (χ4n) is 1.59. The molecular formula is C12H16N2O4. The quantitative estimate of drug-likeness (QED) is 0.846. The minimum atomic E-state index is -1.02. The van der Waals surface area contributed by atoms with Gasteiger partial charge in [0.25, 0.3) is 5.91 Å². The van der Waals surface area contributed by atoms with Crippen molar-refractivity contribution >= 4 is 11.9 Å². The number of hydrogen-bond acceptors (Lipinski definition) is 4. The highest BCUT2D eigenvalue weighted by Crippen LogP contribution is 2.11. The maximum atomic E-state index is 12.0. The van der Waals surface area contributed by atoms with Crippen molar-refractivity contribution in [2.24, 2.45) is 0 Å². The van der Waals surface area contributed by atoms with E-state index in [1.807, 2.05) is 0 Å². The van der Waals surface area contributed by atoms with Crippen LogP contribution < -0.4 is 4.74 Å². The summed E-state index contributed by atoms with van der Waals surface area (Å²) < 4.78 is 4.89. The molecule has 0 aliphatic heterocycles. The largest absolute Gasteiger partial charge is 0.481 e. The van der Waals surface area contributed by atoms with E-state index in [0.29, 0.717) is 17.9 Å². The third-order valence-electron chi connectivity index (χ3n) is 2.65. The molecule has 1 aromatic rings. The standard InChI is InChI=1S/C12H16N2O4/c1-4-9(12(16)17)14(2)11(15)8-5-6-10(18-3)13-7-8/h5-7,9H,4H2,1-3H3,(H,16,17). The summed E-state index contributed by atoms with van der Waals surface area (Å²) in [6.07, 6.45) is 1.72. The molecule has 18 heavy (non-hydrogen) atoms. The number of carboxylic acid groups (broad SMARTS) is 1. The van der Waals surface area contributed by atoms with E-state index in [1.54, 1.807) is 19.1 Å². The number of aromatic nitrogens is 1. The fourth-order valence-corrected chi connectivity index (χ4v) is 1.59. The zero-order chi connectivity index (χ0) is 13.7. The van der Waals surface area contributed by atoms with Gasteiger partial charge < -0.3 is 14.7 Å². The first kappa shape index (κ1) is 14.0. The summed E-state index contributed by atoms with van der Waals surface area (Å²) in [5.41, 5.74) is 0.331. The molecule has 1 atom stereocenters. The van der Waals surface area contributed by atoms with Crippen molar-refractivity contribution in [3.8, 4) is 5.88 Å². The molecule has 6 heteroatoms. The van der Waals surface area contributed by atoms with Crippen LogP contribution in [-0.2, 0) is 4.79 Å². The van der Waals surface area contributed by atoms with Gasteiger partial charge >= 0.3 is 5.97 Å². The number of ether oxygens (including phenoxy) is 1. The zero-order valence-corrected chi connectivity index (χ0v) is 10.6. The molecule has 1 amide bonds. The molecule has 0 aliphatic carbocycles. The summed E-state index contributed by atoms with van der Waals surface area (Å²) in [6, 6.07) is 2.28. The van der Waals surface area contributed by atoms with Crippen molar-refractivity contribution in [3.05, 3.63) is 23.9 Å². The van der Waals surface area contributed by atoms with Crippen molar-refractivity contribution in [3.63, 3.8) is 0 Å². The molecule has 0 bridgehead atoms. The Morgan fingerprint density at radius 2 is 2.17 bits per heavy atom. The van der Waals surface area contributed by atoms with Gasteiger partial charge in [-0.25, -0.2) is 9.78 Å². The molecule has 0 radical (unpaired) electrons. The smallest absolute Gasteiger partial charge is 0.326 e. The van der Waals surface area contributed by atoms with Gasteiger partial charge in [0.1, 0.15) is 6.04 Å². The summed E-state index contributed by atoms with van der Waals surface area (Å²) in [5.74, 6) is -0.992. The van der Waals surface area contributed by atoms with Crippen LogP contribution in [0.5, 0.6) is 5.88 Å². The second kappa shape index (κ2) is 6.00. The maximum Gasteiger partial charge on any atom is 0.326 e. The minimum absolute atomic E-state index is 0.331. The number of likely N-dealkylation sites (N-methyl/N-ethyl adjacent to an activating group) is 1. The maximum absolute atomic E-state index is 12.0. The van der Waals surface area contributed by atoms with Gasteiger partial charge in [-0.15, -0.1) is 0 Å². The van der Waals surface area contributed by atoms with Crippen molar-refractivity contribution in [1.29, 1.82) is 0 Å². The summed E-state index contributed by atoms with van der Waals surface area (Å²) >= 11 is 0. The summed E-state index contributed by atoms with van der Waals surface area (Å²) in [6.45, 7) is 1.72. The van der Waals surface area contributed by atoms with Gasteiger partial charge in [0.15, 0.2) is 0 Å². The molecule has 98 valence electrons. The van der Waals surface area contributed by atoms with Crippen molar-refractivity contribution in [1.82, 2.24) is 9.88 Å². The average Bonchev–Trinajstić information content (AvgIpc) is 2.38. The highest BCUT2D eigenvalue weighted by Gasteiger charge is 2.25. The first-order chi connectivity index (χ1) is 8.51. The van der Waals surface area contributed by atoms with E-state index >= 15 is 0 Å². The Morgan fingerprint density at radius 1 is 1.50 bits per heavy atom. The third kappa shape index (κ3) is 2.97. The van der Waals surface area contributed by atoms with Crippen LogP contribution in [0.3, 0.4) is 0 Å². The van der Waals surface area contributed by atoms with Gasteiger partial charge in [-0.05, 0) is 12.5 Å². The zero-order valence-electron chi connectivity index (χ0n) is 10.6. The first-order valence-corrected chi connectivity index (χ1v) is 5.51. The third-order valence-corrected chi connectivity index (χ3v) is 2.65. The lowest BCUT2D eigenvalue weighted by molar-refractivity contribution is -0.142. The highest BCUT2D eigenvalue weighted by atomic mass is 16.5. The molecule has 1 unspecified atom stereocenters. The number of rotatable bonds is 5. The first-order valence-electron chi connectivity index (χ1n) is 5.51. The van der Waals surface area contributed by atoms with Gasteiger partial charge in [0.05, 0.1) is 12.7 Å². The average molecular weight is 252 g/mol. The Labute approximate surface area is 105 Å². The number of carbonyl (C=O) groups is 2. The monoisotopic (exact) mass is 252 g/mol. The SMILES string of the molecule is CCC(C(=O)O)N(C)C(=O)c1ccc(OC)nc1. The van der Waals surface area contributed by atoms with E-state index in [-0.39, 0.29) is 5.91 Å². The van der Waals surface area contributed by atoms with E-state index in [9.17, 15) is 9.59 Å². The number of carbonyl (C=O) groups excluding carboxylic acids is 1. The lowest BCUT2D eigenvalue weighted by Crippen LogP contribution is -2.41. The van der Waals surface area contributed by atoms with Gasteiger partial charge in [0.2, 0.25) is 5.88 Å². The van der Waals surface area contributed by atoms with Crippen LogP contribution in [0.1, 0.15) is 23.7 Å². The highest BCUT2D eigenvalue weighted by molar-refractivity contribution is 5.96. The topological polar surface area (TPSA) is 79.7 Å². The number of aliphatic carboxylic acids is 1. The molecular weight excluding hydrogens is 236 g/mol. The van der Waals surface area contributed by atoms with Crippen LogP contribution in [0.15, 0.2) is 18.3 Å². The summed E-state index contributed by atoms with van der Waals surface area (Å²) in [5, 5.41) is 8.99. The van der Waals surface area contributed by atoms with Crippen LogP contribution >= 0.6 is 0 Å². The van der Waals surface area contributed by atoms with Crippen LogP contribution in [0.4, 0.5) is 0 Å². The van der Waals surface area contributed by atoms with E-state index in [4.69, 9.17) is 9.84 Å². The minimum Gasteiger partial charge on any atom is -0.481 e. The van der Waals surface area contributed by atoms with Gasteiger partial charge in [-0.2, -0.15) is 0 Å². The van der Waals surface area contributed by atoms with Crippen LogP contribution in [0.25, 0.3) is 0 Å². The second-order valence-electron chi connectivity index (χ2n) is 3.77. The summed E-state index contributed by atoms with van der Waals surface area (Å²) in [4.78, 5) is 28.1. The fraction of sp³-hybridized carbons (Fsp3) is 0.417. The van der Waals surface area contributed by atoms with Crippen molar-refractivity contribution < 1.29 is 19.4 Å². The number of carboxylic acids is 1. The molecule has 0 saturated carbocycles. The predicted octanol–water partition coefficient (Wildman–Crippen LogP) is 1.03. The van der Waals surface area contributed by atoms with Crippen LogP contribution in [0.2, 0.25) is 0 Å². The van der Waals surface area contributed by atoms with E-state index in [0.717, 1.165) is 0 Å². The molecule has 1 N–H and O–H groups in total. The van der Waals surface area contributed by atoms with E-state index in [2.05, 4.69) is 4.98 Å². The van der Waals surface area contributed by atoms with Gasteiger partial charge in [0, 0.05) is 19.3 Å². The Balaban J connectivity index is 2.88. The summed E-state index contributed by atoms with van der Waals surface area (Å²) in [7, 11) is 2.95. The van der Waals surface area contributed by atoms with Crippen LogP contribution in [0, 0.1) is 0 Å². The predicted molar refractivity (Wildman–Crippen MR) is 64.6 cm³/mol. The number of hydrogen-bond donors (Lipinski definition) is 1. The van der Waals surface area contributed by atoms with E-state index < -0.39 is 12.0 Å². The Hall–Kier alpha value is -2.11. The molecule has 1 heterocycles. The molecule has 0 fully saturated rings. The Morgan fingerprint density at radius 3 is 2.56 bits per heavy atom.